The highest BCUT2D eigenvalue weighted by Gasteiger charge is 2.21. The molecule has 3 aromatic rings. The summed E-state index contributed by atoms with van der Waals surface area (Å²) in [5.74, 6) is 1.83. The Kier molecular flexibility index (Phi) is 6.07. The molecule has 1 fully saturated rings. The molecular formula is C23H28N6O. The van der Waals surface area contributed by atoms with Crippen molar-refractivity contribution in [3.05, 3.63) is 53.9 Å². The van der Waals surface area contributed by atoms with Crippen LogP contribution < -0.4 is 10.2 Å². The van der Waals surface area contributed by atoms with Crippen LogP contribution in [0.3, 0.4) is 0 Å². The second-order valence-corrected chi connectivity index (χ2v) is 7.73. The molecule has 4 rings (SSSR count). The molecule has 2 aromatic heterocycles. The number of benzene rings is 1. The van der Waals surface area contributed by atoms with E-state index in [1.54, 1.807) is 0 Å². The Balaban J connectivity index is 1.23. The summed E-state index contributed by atoms with van der Waals surface area (Å²) < 4.78 is 0. The lowest BCUT2D eigenvalue weighted by Crippen LogP contribution is -2.49. The maximum absolute atomic E-state index is 12.6. The Bertz CT molecular complexity index is 1010. The Morgan fingerprint density at radius 2 is 1.70 bits per heavy atom. The molecule has 0 spiro atoms. The number of aryl methyl sites for hydroxylation is 2. The molecule has 0 aliphatic carbocycles. The van der Waals surface area contributed by atoms with Crippen molar-refractivity contribution in [1.29, 1.82) is 0 Å². The van der Waals surface area contributed by atoms with E-state index in [2.05, 4.69) is 38.4 Å². The minimum absolute atomic E-state index is 0.212. The van der Waals surface area contributed by atoms with Gasteiger partial charge in [0.2, 0.25) is 11.9 Å². The minimum atomic E-state index is 0.212. The van der Waals surface area contributed by atoms with Gasteiger partial charge < -0.3 is 15.1 Å². The monoisotopic (exact) mass is 404 g/mol. The van der Waals surface area contributed by atoms with Crippen LogP contribution in [0, 0.1) is 13.8 Å². The van der Waals surface area contributed by atoms with E-state index in [9.17, 15) is 4.79 Å². The number of hydrogen-bond acceptors (Lipinski definition) is 6. The zero-order valence-corrected chi connectivity index (χ0v) is 17.6. The number of rotatable bonds is 6. The second kappa shape index (κ2) is 9.07. The van der Waals surface area contributed by atoms with E-state index in [0.717, 1.165) is 60.7 Å². The van der Waals surface area contributed by atoms with Crippen molar-refractivity contribution >= 4 is 28.6 Å². The summed E-state index contributed by atoms with van der Waals surface area (Å²) in [6.07, 6.45) is 1.30. The molecule has 7 nitrogen and oxygen atoms in total. The molecule has 0 unspecified atom stereocenters. The quantitative estimate of drug-likeness (QED) is 0.636. The van der Waals surface area contributed by atoms with E-state index < -0.39 is 0 Å². The third-order valence-electron chi connectivity index (χ3n) is 5.37. The van der Waals surface area contributed by atoms with E-state index in [1.807, 2.05) is 43.0 Å². The number of anilines is 2. The summed E-state index contributed by atoms with van der Waals surface area (Å²) in [6, 6.07) is 14.3. The van der Waals surface area contributed by atoms with Gasteiger partial charge in [0.05, 0.1) is 5.52 Å². The van der Waals surface area contributed by atoms with Crippen molar-refractivity contribution in [2.24, 2.45) is 0 Å². The lowest BCUT2D eigenvalue weighted by Gasteiger charge is -2.35. The predicted molar refractivity (Wildman–Crippen MR) is 120 cm³/mol. The minimum Gasteiger partial charge on any atom is -0.354 e. The third-order valence-corrected chi connectivity index (χ3v) is 5.37. The van der Waals surface area contributed by atoms with E-state index in [-0.39, 0.29) is 5.91 Å². The van der Waals surface area contributed by atoms with Gasteiger partial charge >= 0.3 is 0 Å². The number of carbonyl (C=O) groups is 1. The first kappa shape index (κ1) is 20.1. The molecule has 156 valence electrons. The van der Waals surface area contributed by atoms with Crippen molar-refractivity contribution < 1.29 is 4.79 Å². The SMILES string of the molecule is Cc1cc(C)nc(NCCCC(=O)N2CCN(c3ccc4ccccc4n3)CC2)n1. The molecule has 7 heteroatoms. The fourth-order valence-electron chi connectivity index (χ4n) is 3.82. The Morgan fingerprint density at radius 3 is 2.47 bits per heavy atom. The number of hydrogen-bond donors (Lipinski definition) is 1. The van der Waals surface area contributed by atoms with Gasteiger partial charge in [0.25, 0.3) is 0 Å². The summed E-state index contributed by atoms with van der Waals surface area (Å²) in [7, 11) is 0. The number of amides is 1. The molecular weight excluding hydrogens is 376 g/mol. The normalized spacial score (nSPS) is 14.2. The van der Waals surface area contributed by atoms with Crippen molar-refractivity contribution in [2.75, 3.05) is 42.9 Å². The van der Waals surface area contributed by atoms with E-state index in [1.165, 1.54) is 0 Å². The van der Waals surface area contributed by atoms with Crippen LogP contribution in [0.1, 0.15) is 24.2 Å². The molecule has 30 heavy (non-hydrogen) atoms. The lowest BCUT2D eigenvalue weighted by atomic mass is 10.2. The van der Waals surface area contributed by atoms with Gasteiger partial charge in [-0.3, -0.25) is 4.79 Å². The van der Waals surface area contributed by atoms with E-state index in [4.69, 9.17) is 4.98 Å². The summed E-state index contributed by atoms with van der Waals surface area (Å²) in [5, 5.41) is 4.37. The van der Waals surface area contributed by atoms with Gasteiger partial charge in [-0.25, -0.2) is 15.0 Å². The van der Waals surface area contributed by atoms with Crippen LogP contribution >= 0.6 is 0 Å². The third kappa shape index (κ3) is 4.84. The van der Waals surface area contributed by atoms with Crippen LogP contribution in [0.15, 0.2) is 42.5 Å². The average Bonchev–Trinajstić information content (AvgIpc) is 2.76. The van der Waals surface area contributed by atoms with Crippen LogP contribution in [0.4, 0.5) is 11.8 Å². The number of nitrogens with one attached hydrogen (secondary N) is 1. The smallest absolute Gasteiger partial charge is 0.223 e. The Morgan fingerprint density at radius 1 is 0.967 bits per heavy atom. The number of pyridine rings is 1. The number of piperazine rings is 1. The highest BCUT2D eigenvalue weighted by Crippen LogP contribution is 2.19. The summed E-state index contributed by atoms with van der Waals surface area (Å²) >= 11 is 0. The predicted octanol–water partition coefficient (Wildman–Crippen LogP) is 3.18. The Hall–Kier alpha value is -3.22. The van der Waals surface area contributed by atoms with E-state index in [0.29, 0.717) is 18.9 Å². The average molecular weight is 405 g/mol. The molecule has 0 bridgehead atoms. The molecule has 1 aliphatic rings. The molecule has 3 heterocycles. The van der Waals surface area contributed by atoms with Crippen molar-refractivity contribution in [3.8, 4) is 0 Å². The highest BCUT2D eigenvalue weighted by molar-refractivity contribution is 5.80. The summed E-state index contributed by atoms with van der Waals surface area (Å²) in [4.78, 5) is 30.3. The standard InChI is InChI=1S/C23H28N6O/c1-17-16-18(2)26-23(25-17)24-11-5-8-22(30)29-14-12-28(13-15-29)21-10-9-19-6-3-4-7-20(19)27-21/h3-4,6-7,9-10,16H,5,8,11-15H2,1-2H3,(H,24,25,26). The van der Waals surface area contributed by atoms with Crippen molar-refractivity contribution in [3.63, 3.8) is 0 Å². The van der Waals surface area contributed by atoms with Crippen LogP contribution in [-0.4, -0.2) is 58.5 Å². The molecule has 1 aliphatic heterocycles. The fraction of sp³-hybridized carbons (Fsp3) is 0.391. The first-order valence-electron chi connectivity index (χ1n) is 10.5. The van der Waals surface area contributed by atoms with Gasteiger partial charge in [0.1, 0.15) is 5.82 Å². The zero-order chi connectivity index (χ0) is 20.9. The second-order valence-electron chi connectivity index (χ2n) is 7.73. The van der Waals surface area contributed by atoms with Gasteiger partial charge in [0, 0.05) is 55.9 Å². The van der Waals surface area contributed by atoms with Gasteiger partial charge in [-0.15, -0.1) is 0 Å². The molecule has 1 aromatic carbocycles. The van der Waals surface area contributed by atoms with Crippen molar-refractivity contribution in [2.45, 2.75) is 26.7 Å². The number of nitrogens with zero attached hydrogens (tertiary/aromatic N) is 5. The van der Waals surface area contributed by atoms with Crippen molar-refractivity contribution in [1.82, 2.24) is 19.9 Å². The number of carbonyl (C=O) groups excluding carboxylic acids is 1. The first-order valence-corrected chi connectivity index (χ1v) is 10.5. The first-order chi connectivity index (χ1) is 14.6. The van der Waals surface area contributed by atoms with Gasteiger partial charge in [-0.2, -0.15) is 0 Å². The highest BCUT2D eigenvalue weighted by atomic mass is 16.2. The lowest BCUT2D eigenvalue weighted by molar-refractivity contribution is -0.131. The van der Waals surface area contributed by atoms with Crippen LogP contribution in [0.25, 0.3) is 10.9 Å². The maximum Gasteiger partial charge on any atom is 0.223 e. The number of para-hydroxylation sites is 1. The van der Waals surface area contributed by atoms with Gasteiger partial charge in [-0.05, 0) is 44.5 Å². The zero-order valence-electron chi connectivity index (χ0n) is 17.6. The number of aromatic nitrogens is 3. The largest absolute Gasteiger partial charge is 0.354 e. The Labute approximate surface area is 177 Å². The topological polar surface area (TPSA) is 74.2 Å². The van der Waals surface area contributed by atoms with Gasteiger partial charge in [-0.1, -0.05) is 18.2 Å². The van der Waals surface area contributed by atoms with Crippen LogP contribution in [0.2, 0.25) is 0 Å². The molecule has 0 atom stereocenters. The van der Waals surface area contributed by atoms with Gasteiger partial charge in [0.15, 0.2) is 0 Å². The summed E-state index contributed by atoms with van der Waals surface area (Å²) in [5.41, 5.74) is 2.90. The molecule has 1 amide bonds. The van der Waals surface area contributed by atoms with E-state index >= 15 is 0 Å². The molecule has 0 saturated carbocycles. The summed E-state index contributed by atoms with van der Waals surface area (Å²) in [6.45, 7) is 7.70. The molecule has 0 radical (unpaired) electrons. The van der Waals surface area contributed by atoms with Crippen LogP contribution in [-0.2, 0) is 4.79 Å². The molecule has 1 saturated heterocycles. The molecule has 1 N–H and O–H groups in total. The maximum atomic E-state index is 12.6. The number of fused-ring (bicyclic) bond motifs is 1. The van der Waals surface area contributed by atoms with Crippen LogP contribution in [0.5, 0.6) is 0 Å². The fourth-order valence-corrected chi connectivity index (χ4v) is 3.82.